The van der Waals surface area contributed by atoms with Gasteiger partial charge in [0, 0.05) is 23.3 Å². The van der Waals surface area contributed by atoms with Gasteiger partial charge in [0.25, 0.3) is 0 Å². The van der Waals surface area contributed by atoms with Crippen LogP contribution >= 0.6 is 11.3 Å². The Kier molecular flexibility index (Phi) is 3.02. The molecule has 0 amide bonds. The van der Waals surface area contributed by atoms with Gasteiger partial charge in [-0.3, -0.25) is 4.79 Å². The summed E-state index contributed by atoms with van der Waals surface area (Å²) in [4.78, 5) is 18.2. The Bertz CT molecular complexity index is 478. The summed E-state index contributed by atoms with van der Waals surface area (Å²) < 4.78 is 0. The molecule has 1 unspecified atom stereocenters. The van der Waals surface area contributed by atoms with Crippen molar-refractivity contribution in [3.63, 3.8) is 0 Å². The second-order valence-electron chi connectivity index (χ2n) is 3.23. The van der Waals surface area contributed by atoms with Crippen LogP contribution in [0.4, 0.5) is 0 Å². The molecule has 0 aliphatic carbocycles. The molecule has 2 aromatic rings. The van der Waals surface area contributed by atoms with Gasteiger partial charge in [-0.25, -0.2) is 4.98 Å². The van der Waals surface area contributed by atoms with E-state index in [-0.39, 0.29) is 0 Å². The number of carbonyl (C=O) groups is 1. The van der Waals surface area contributed by atoms with E-state index in [2.05, 4.69) is 15.3 Å². The molecule has 2 aromatic heterocycles. The number of nitrogens with zero attached hydrogens (tertiary/aromatic N) is 1. The molecule has 6 heteroatoms. The highest BCUT2D eigenvalue weighted by molar-refractivity contribution is 7.10. The Morgan fingerprint density at radius 3 is 3.06 bits per heavy atom. The van der Waals surface area contributed by atoms with Crippen LogP contribution in [0.15, 0.2) is 23.8 Å². The molecule has 0 spiro atoms. The summed E-state index contributed by atoms with van der Waals surface area (Å²) in [5.41, 5.74) is 1.76. The van der Waals surface area contributed by atoms with Gasteiger partial charge in [-0.1, -0.05) is 0 Å². The second kappa shape index (κ2) is 4.46. The molecule has 0 aliphatic heterocycles. The fourth-order valence-corrected chi connectivity index (χ4v) is 2.32. The Balaban J connectivity index is 2.29. The molecule has 16 heavy (non-hydrogen) atoms. The SMILES string of the molecule is CNC(C(=O)O)c1nc(-c2cc[nH]c2)cs1. The molecule has 3 N–H and O–H groups in total. The van der Waals surface area contributed by atoms with Gasteiger partial charge in [-0.05, 0) is 13.1 Å². The van der Waals surface area contributed by atoms with E-state index in [1.54, 1.807) is 13.2 Å². The first kappa shape index (κ1) is 10.8. The highest BCUT2D eigenvalue weighted by Crippen LogP contribution is 2.25. The van der Waals surface area contributed by atoms with Gasteiger partial charge in [0.15, 0.2) is 6.04 Å². The minimum atomic E-state index is -0.919. The van der Waals surface area contributed by atoms with E-state index in [0.29, 0.717) is 5.01 Å². The molecule has 2 rings (SSSR count). The number of aromatic nitrogens is 2. The Hall–Kier alpha value is -1.66. The van der Waals surface area contributed by atoms with Crippen molar-refractivity contribution in [1.82, 2.24) is 15.3 Å². The van der Waals surface area contributed by atoms with Gasteiger partial charge in [0.1, 0.15) is 5.01 Å². The van der Waals surface area contributed by atoms with Gasteiger partial charge in [0.2, 0.25) is 0 Å². The molecular formula is C10H11N3O2S. The molecule has 84 valence electrons. The van der Waals surface area contributed by atoms with E-state index in [1.807, 2.05) is 17.6 Å². The number of H-pyrrole nitrogens is 1. The number of carboxylic acids is 1. The van der Waals surface area contributed by atoms with Crippen molar-refractivity contribution in [2.24, 2.45) is 0 Å². The highest BCUT2D eigenvalue weighted by Gasteiger charge is 2.21. The number of hydrogen-bond acceptors (Lipinski definition) is 4. The van der Waals surface area contributed by atoms with Crippen molar-refractivity contribution in [2.75, 3.05) is 7.05 Å². The monoisotopic (exact) mass is 237 g/mol. The van der Waals surface area contributed by atoms with E-state index < -0.39 is 12.0 Å². The van der Waals surface area contributed by atoms with Crippen LogP contribution in [0.5, 0.6) is 0 Å². The zero-order valence-electron chi connectivity index (χ0n) is 8.60. The maximum absolute atomic E-state index is 10.9. The molecule has 0 bridgehead atoms. The van der Waals surface area contributed by atoms with Gasteiger partial charge in [-0.15, -0.1) is 11.3 Å². The Morgan fingerprint density at radius 2 is 2.50 bits per heavy atom. The number of thiazole rings is 1. The van der Waals surface area contributed by atoms with E-state index >= 15 is 0 Å². The van der Waals surface area contributed by atoms with Crippen LogP contribution in [0, 0.1) is 0 Å². The Labute approximate surface area is 96.2 Å². The van der Waals surface area contributed by atoms with Crippen LogP contribution < -0.4 is 5.32 Å². The predicted octanol–water partition coefficient (Wildman–Crippen LogP) is 1.48. The number of rotatable bonds is 4. The van der Waals surface area contributed by atoms with Crippen LogP contribution in [0.2, 0.25) is 0 Å². The third-order valence-electron chi connectivity index (χ3n) is 2.20. The summed E-state index contributed by atoms with van der Waals surface area (Å²) in [7, 11) is 1.61. The minimum Gasteiger partial charge on any atom is -0.480 e. The van der Waals surface area contributed by atoms with Crippen LogP contribution in [-0.4, -0.2) is 28.1 Å². The quantitative estimate of drug-likeness (QED) is 0.752. The molecule has 0 saturated carbocycles. The third-order valence-corrected chi connectivity index (χ3v) is 3.11. The zero-order valence-corrected chi connectivity index (χ0v) is 9.41. The smallest absolute Gasteiger partial charge is 0.327 e. The van der Waals surface area contributed by atoms with E-state index in [1.165, 1.54) is 11.3 Å². The molecule has 2 heterocycles. The van der Waals surface area contributed by atoms with E-state index in [0.717, 1.165) is 11.3 Å². The molecule has 1 atom stereocenters. The fourth-order valence-electron chi connectivity index (χ4n) is 1.39. The molecule has 0 aliphatic rings. The molecule has 0 aromatic carbocycles. The summed E-state index contributed by atoms with van der Waals surface area (Å²) in [6.45, 7) is 0. The number of aromatic amines is 1. The van der Waals surface area contributed by atoms with Gasteiger partial charge < -0.3 is 15.4 Å². The number of likely N-dealkylation sites (N-methyl/N-ethyl adjacent to an activating group) is 1. The lowest BCUT2D eigenvalue weighted by Gasteiger charge is -2.06. The van der Waals surface area contributed by atoms with Crippen molar-refractivity contribution >= 4 is 17.3 Å². The predicted molar refractivity (Wildman–Crippen MR) is 61.3 cm³/mol. The topological polar surface area (TPSA) is 78.0 Å². The second-order valence-corrected chi connectivity index (χ2v) is 4.12. The highest BCUT2D eigenvalue weighted by atomic mass is 32.1. The first-order valence-electron chi connectivity index (χ1n) is 4.71. The summed E-state index contributed by atoms with van der Waals surface area (Å²) in [6.07, 6.45) is 3.63. The molecule has 0 saturated heterocycles. The average Bonchev–Trinajstić information content (AvgIpc) is 2.86. The Morgan fingerprint density at radius 1 is 1.69 bits per heavy atom. The lowest BCUT2D eigenvalue weighted by atomic mass is 10.2. The lowest BCUT2D eigenvalue weighted by molar-refractivity contribution is -0.139. The van der Waals surface area contributed by atoms with Crippen molar-refractivity contribution in [3.8, 4) is 11.3 Å². The van der Waals surface area contributed by atoms with E-state index in [9.17, 15) is 4.79 Å². The minimum absolute atomic E-state index is 0.561. The van der Waals surface area contributed by atoms with Gasteiger partial charge in [0.05, 0.1) is 5.69 Å². The van der Waals surface area contributed by atoms with Crippen molar-refractivity contribution in [1.29, 1.82) is 0 Å². The molecular weight excluding hydrogens is 226 g/mol. The zero-order chi connectivity index (χ0) is 11.5. The third kappa shape index (κ3) is 1.98. The number of hydrogen-bond donors (Lipinski definition) is 3. The van der Waals surface area contributed by atoms with Gasteiger partial charge >= 0.3 is 5.97 Å². The van der Waals surface area contributed by atoms with Crippen LogP contribution in [0.25, 0.3) is 11.3 Å². The standard InChI is InChI=1S/C10H11N3O2S/c1-11-8(10(14)15)9-13-7(5-16-9)6-2-3-12-4-6/h2-5,8,11-12H,1H3,(H,14,15). The largest absolute Gasteiger partial charge is 0.480 e. The first-order chi connectivity index (χ1) is 7.72. The summed E-state index contributed by atoms with van der Waals surface area (Å²) in [6, 6.07) is 1.16. The summed E-state index contributed by atoms with van der Waals surface area (Å²) in [5, 5.41) is 14.1. The van der Waals surface area contributed by atoms with Gasteiger partial charge in [-0.2, -0.15) is 0 Å². The fraction of sp³-hybridized carbons (Fsp3) is 0.200. The van der Waals surface area contributed by atoms with E-state index in [4.69, 9.17) is 5.11 Å². The number of carboxylic acid groups (broad SMARTS) is 1. The normalized spacial score (nSPS) is 12.6. The molecule has 0 fully saturated rings. The van der Waals surface area contributed by atoms with Crippen molar-refractivity contribution in [2.45, 2.75) is 6.04 Å². The summed E-state index contributed by atoms with van der Waals surface area (Å²) >= 11 is 1.34. The summed E-state index contributed by atoms with van der Waals surface area (Å²) in [5.74, 6) is -0.919. The van der Waals surface area contributed by atoms with Crippen molar-refractivity contribution < 1.29 is 9.90 Å². The maximum atomic E-state index is 10.9. The van der Waals surface area contributed by atoms with Crippen LogP contribution in [-0.2, 0) is 4.79 Å². The lowest BCUT2D eigenvalue weighted by Crippen LogP contribution is -2.24. The maximum Gasteiger partial charge on any atom is 0.327 e. The molecule has 0 radical (unpaired) electrons. The van der Waals surface area contributed by atoms with Crippen LogP contribution in [0.1, 0.15) is 11.0 Å². The number of aliphatic carboxylic acids is 1. The van der Waals surface area contributed by atoms with Crippen molar-refractivity contribution in [3.05, 3.63) is 28.8 Å². The number of nitrogens with one attached hydrogen (secondary N) is 2. The first-order valence-corrected chi connectivity index (χ1v) is 5.59. The average molecular weight is 237 g/mol. The molecule has 5 nitrogen and oxygen atoms in total. The van der Waals surface area contributed by atoms with Crippen LogP contribution in [0.3, 0.4) is 0 Å².